The Morgan fingerprint density at radius 2 is 1.55 bits per heavy atom. The summed E-state index contributed by atoms with van der Waals surface area (Å²) < 4.78 is 24.3. The molecule has 2 N–H and O–H groups in total. The Morgan fingerprint density at radius 1 is 0.950 bits per heavy atom. The number of benzene rings is 2. The average molecular weight is 292 g/mol. The standard InChI is InChI=1S/C14H12O5S/c1-9-2-4-10(5-3-9)14(17)20(18,19)11-6-7-12(15)13(16)8-11/h2-8,15-16H,1H3. The first kappa shape index (κ1) is 14.1. The van der Waals surface area contributed by atoms with Gasteiger partial charge in [0.25, 0.3) is 5.12 Å². The fourth-order valence-electron chi connectivity index (χ4n) is 1.62. The van der Waals surface area contributed by atoms with Gasteiger partial charge in [-0.2, -0.15) is 0 Å². The van der Waals surface area contributed by atoms with E-state index in [1.54, 1.807) is 12.1 Å². The number of carbonyl (C=O) groups excluding carboxylic acids is 1. The second-order valence-electron chi connectivity index (χ2n) is 4.31. The zero-order chi connectivity index (χ0) is 14.9. The Labute approximate surface area is 116 Å². The summed E-state index contributed by atoms with van der Waals surface area (Å²) in [6, 6.07) is 9.05. The van der Waals surface area contributed by atoms with Crippen LogP contribution in [0.5, 0.6) is 11.5 Å². The third kappa shape index (κ3) is 2.50. The highest BCUT2D eigenvalue weighted by molar-refractivity contribution is 8.06. The van der Waals surface area contributed by atoms with Crippen molar-refractivity contribution in [2.24, 2.45) is 0 Å². The monoisotopic (exact) mass is 292 g/mol. The predicted molar refractivity (Wildman–Crippen MR) is 72.5 cm³/mol. The van der Waals surface area contributed by atoms with Crippen molar-refractivity contribution in [1.82, 2.24) is 0 Å². The lowest BCUT2D eigenvalue weighted by atomic mass is 10.2. The van der Waals surface area contributed by atoms with Gasteiger partial charge in [0, 0.05) is 11.6 Å². The van der Waals surface area contributed by atoms with E-state index in [1.807, 2.05) is 6.92 Å². The van der Waals surface area contributed by atoms with E-state index >= 15 is 0 Å². The van der Waals surface area contributed by atoms with Crippen molar-refractivity contribution in [3.05, 3.63) is 53.6 Å². The minimum absolute atomic E-state index is 0.0446. The van der Waals surface area contributed by atoms with E-state index in [9.17, 15) is 18.3 Å². The van der Waals surface area contributed by atoms with Crippen molar-refractivity contribution in [3.63, 3.8) is 0 Å². The molecule has 0 aliphatic rings. The lowest BCUT2D eigenvalue weighted by molar-refractivity contribution is 0.107. The fraction of sp³-hybridized carbons (Fsp3) is 0.0714. The van der Waals surface area contributed by atoms with Crippen molar-refractivity contribution in [1.29, 1.82) is 0 Å². The summed E-state index contributed by atoms with van der Waals surface area (Å²) in [4.78, 5) is 11.7. The van der Waals surface area contributed by atoms with Gasteiger partial charge in [0.05, 0.1) is 4.90 Å². The van der Waals surface area contributed by atoms with Gasteiger partial charge in [0.15, 0.2) is 11.5 Å². The van der Waals surface area contributed by atoms with Crippen molar-refractivity contribution in [2.75, 3.05) is 0 Å². The molecule has 6 heteroatoms. The average Bonchev–Trinajstić information content (AvgIpc) is 2.41. The second kappa shape index (κ2) is 4.97. The quantitative estimate of drug-likeness (QED) is 0.826. The number of aryl methyl sites for hydroxylation is 1. The number of hydrogen-bond donors (Lipinski definition) is 2. The molecule has 0 atom stereocenters. The third-order valence-corrected chi connectivity index (χ3v) is 4.39. The van der Waals surface area contributed by atoms with E-state index in [-0.39, 0.29) is 10.5 Å². The summed E-state index contributed by atoms with van der Waals surface area (Å²) in [6.45, 7) is 1.82. The van der Waals surface area contributed by atoms with E-state index < -0.39 is 26.5 Å². The van der Waals surface area contributed by atoms with Crippen LogP contribution in [0, 0.1) is 6.92 Å². The normalized spacial score (nSPS) is 11.2. The molecule has 0 aliphatic heterocycles. The highest BCUT2D eigenvalue weighted by atomic mass is 32.2. The number of rotatable bonds is 2. The highest BCUT2D eigenvalue weighted by Gasteiger charge is 2.27. The van der Waals surface area contributed by atoms with Gasteiger partial charge in [-0.1, -0.05) is 29.8 Å². The van der Waals surface area contributed by atoms with Crippen LogP contribution < -0.4 is 0 Å². The molecule has 104 valence electrons. The van der Waals surface area contributed by atoms with E-state index in [1.165, 1.54) is 12.1 Å². The lowest BCUT2D eigenvalue weighted by Crippen LogP contribution is -2.15. The summed E-state index contributed by atoms with van der Waals surface area (Å²) in [5.41, 5.74) is 0.949. The first-order chi connectivity index (χ1) is 9.32. The number of aromatic hydroxyl groups is 2. The summed E-state index contributed by atoms with van der Waals surface area (Å²) in [5.74, 6) is -1.05. The van der Waals surface area contributed by atoms with Gasteiger partial charge in [-0.15, -0.1) is 0 Å². The summed E-state index contributed by atoms with van der Waals surface area (Å²) in [7, 11) is -4.25. The Morgan fingerprint density at radius 3 is 2.10 bits per heavy atom. The third-order valence-electron chi connectivity index (χ3n) is 2.79. The lowest BCUT2D eigenvalue weighted by Gasteiger charge is -2.05. The van der Waals surface area contributed by atoms with E-state index in [2.05, 4.69) is 0 Å². The van der Waals surface area contributed by atoms with Crippen LogP contribution in [0.15, 0.2) is 47.4 Å². The molecular weight excluding hydrogens is 280 g/mol. The van der Waals surface area contributed by atoms with E-state index in [0.29, 0.717) is 0 Å². The molecule has 0 heterocycles. The van der Waals surface area contributed by atoms with Crippen LogP contribution in [0.25, 0.3) is 0 Å². The van der Waals surface area contributed by atoms with E-state index in [0.717, 1.165) is 23.8 Å². The van der Waals surface area contributed by atoms with Crippen LogP contribution in [0.1, 0.15) is 15.9 Å². The smallest absolute Gasteiger partial charge is 0.281 e. The molecule has 2 aromatic rings. The minimum Gasteiger partial charge on any atom is -0.504 e. The maximum absolute atomic E-state index is 12.1. The topological polar surface area (TPSA) is 91.7 Å². The van der Waals surface area contributed by atoms with Gasteiger partial charge in [-0.3, -0.25) is 4.79 Å². The molecule has 0 saturated carbocycles. The molecule has 0 aromatic heterocycles. The van der Waals surface area contributed by atoms with Gasteiger partial charge in [0.1, 0.15) is 0 Å². The molecule has 0 saturated heterocycles. The number of hydrogen-bond acceptors (Lipinski definition) is 5. The molecule has 20 heavy (non-hydrogen) atoms. The molecule has 0 spiro atoms. The first-order valence-corrected chi connectivity index (χ1v) is 7.19. The van der Waals surface area contributed by atoms with Crippen molar-refractivity contribution in [3.8, 4) is 11.5 Å². The Kier molecular flexibility index (Phi) is 3.50. The highest BCUT2D eigenvalue weighted by Crippen LogP contribution is 2.28. The van der Waals surface area contributed by atoms with Crippen LogP contribution >= 0.6 is 0 Å². The molecule has 0 radical (unpaired) electrons. The zero-order valence-electron chi connectivity index (χ0n) is 10.6. The van der Waals surface area contributed by atoms with Crippen LogP contribution in [-0.4, -0.2) is 23.7 Å². The van der Waals surface area contributed by atoms with Gasteiger partial charge in [-0.05, 0) is 19.1 Å². The summed E-state index contributed by atoms with van der Waals surface area (Å²) in [5, 5.41) is 17.4. The molecule has 0 bridgehead atoms. The number of phenols is 2. The maximum Gasteiger partial charge on any atom is 0.281 e. The van der Waals surface area contributed by atoms with Gasteiger partial charge in [-0.25, -0.2) is 8.42 Å². The summed E-state index contributed by atoms with van der Waals surface area (Å²) in [6.07, 6.45) is 0. The van der Waals surface area contributed by atoms with Crippen LogP contribution in [-0.2, 0) is 9.84 Å². The largest absolute Gasteiger partial charge is 0.504 e. The number of sulfone groups is 1. The predicted octanol–water partition coefficient (Wildman–Crippen LogP) is 2.02. The summed E-state index contributed by atoms with van der Waals surface area (Å²) >= 11 is 0. The number of phenolic OH excluding ortho intramolecular Hbond substituents is 2. The maximum atomic E-state index is 12.1. The van der Waals surface area contributed by atoms with Gasteiger partial charge >= 0.3 is 0 Å². The molecule has 2 aromatic carbocycles. The molecule has 0 amide bonds. The SMILES string of the molecule is Cc1ccc(C(=O)S(=O)(=O)c2ccc(O)c(O)c2)cc1. The second-order valence-corrected chi connectivity index (χ2v) is 6.16. The Balaban J connectivity index is 2.46. The molecule has 0 unspecified atom stereocenters. The Hall–Kier alpha value is -2.34. The first-order valence-electron chi connectivity index (χ1n) is 5.70. The van der Waals surface area contributed by atoms with Crippen LogP contribution in [0.3, 0.4) is 0 Å². The molecule has 0 aliphatic carbocycles. The molecule has 5 nitrogen and oxygen atoms in total. The molecule has 2 rings (SSSR count). The fourth-order valence-corrected chi connectivity index (χ4v) is 2.80. The Bertz CT molecular complexity index is 761. The van der Waals surface area contributed by atoms with Gasteiger partial charge < -0.3 is 10.2 Å². The van der Waals surface area contributed by atoms with Crippen molar-refractivity contribution >= 4 is 15.0 Å². The molecule has 0 fully saturated rings. The van der Waals surface area contributed by atoms with Crippen LogP contribution in [0.4, 0.5) is 0 Å². The zero-order valence-corrected chi connectivity index (χ0v) is 11.4. The van der Waals surface area contributed by atoms with E-state index in [4.69, 9.17) is 5.11 Å². The molecular formula is C14H12O5S. The van der Waals surface area contributed by atoms with Gasteiger partial charge in [0.2, 0.25) is 9.84 Å². The van der Waals surface area contributed by atoms with Crippen molar-refractivity contribution in [2.45, 2.75) is 11.8 Å². The van der Waals surface area contributed by atoms with Crippen molar-refractivity contribution < 1.29 is 23.4 Å². The number of carbonyl (C=O) groups is 1. The van der Waals surface area contributed by atoms with Crippen LogP contribution in [0.2, 0.25) is 0 Å². The minimum atomic E-state index is -4.25.